The molecule has 11 heavy (non-hydrogen) atoms. The van der Waals surface area contributed by atoms with Crippen molar-refractivity contribution in [2.45, 2.75) is 27.7 Å². The zero-order valence-electron chi connectivity index (χ0n) is 7.32. The molecule has 0 N–H and O–H groups in total. The largest absolute Gasteiger partial charge is 0.428 e. The minimum absolute atomic E-state index is 0.217. The molecule has 0 radical (unpaired) electrons. The van der Waals surface area contributed by atoms with Crippen molar-refractivity contribution in [3.05, 3.63) is 32.9 Å². The van der Waals surface area contributed by atoms with Crippen molar-refractivity contribution in [2.75, 3.05) is 0 Å². The summed E-state index contributed by atoms with van der Waals surface area (Å²) in [7, 11) is 0. The van der Waals surface area contributed by atoms with E-state index in [1.54, 1.807) is 6.92 Å². The van der Waals surface area contributed by atoms with Crippen molar-refractivity contribution in [3.63, 3.8) is 0 Å². The summed E-state index contributed by atoms with van der Waals surface area (Å²) in [5.74, 6) is 0.720. The van der Waals surface area contributed by atoms with Gasteiger partial charge in [-0.05, 0) is 38.8 Å². The van der Waals surface area contributed by atoms with Crippen LogP contribution in [0.3, 0.4) is 0 Å². The van der Waals surface area contributed by atoms with Gasteiger partial charge in [-0.1, -0.05) is 0 Å². The normalized spacial score (nSPS) is 10.2. The van der Waals surface area contributed by atoms with Gasteiger partial charge >= 0.3 is 5.63 Å². The van der Waals surface area contributed by atoms with E-state index in [0.717, 1.165) is 16.9 Å². The molecule has 0 aromatic carbocycles. The fourth-order valence-corrected chi connectivity index (χ4v) is 0.991. The maximum absolute atomic E-state index is 11.0. The van der Waals surface area contributed by atoms with Crippen molar-refractivity contribution in [1.82, 2.24) is 0 Å². The molecule has 2 nitrogen and oxygen atoms in total. The van der Waals surface area contributed by atoms with Crippen LogP contribution in [0, 0.1) is 27.7 Å². The quantitative estimate of drug-likeness (QED) is 0.568. The van der Waals surface area contributed by atoms with E-state index in [4.69, 9.17) is 4.42 Å². The van der Waals surface area contributed by atoms with E-state index in [0.29, 0.717) is 5.56 Å². The van der Waals surface area contributed by atoms with Gasteiger partial charge in [0.05, 0.1) is 0 Å². The maximum atomic E-state index is 11.0. The van der Waals surface area contributed by atoms with Crippen LogP contribution in [-0.2, 0) is 0 Å². The van der Waals surface area contributed by atoms with Crippen LogP contribution in [0.1, 0.15) is 22.5 Å². The number of aryl methyl sites for hydroxylation is 1. The lowest BCUT2D eigenvalue weighted by Gasteiger charge is -2.04. The first-order valence-corrected chi connectivity index (χ1v) is 3.61. The molecule has 1 aromatic heterocycles. The van der Waals surface area contributed by atoms with Crippen LogP contribution in [0.15, 0.2) is 9.21 Å². The Bertz CT molecular complexity index is 334. The highest BCUT2D eigenvalue weighted by molar-refractivity contribution is 5.30. The topological polar surface area (TPSA) is 30.2 Å². The summed E-state index contributed by atoms with van der Waals surface area (Å²) in [6.45, 7) is 7.49. The van der Waals surface area contributed by atoms with Crippen LogP contribution >= 0.6 is 0 Å². The van der Waals surface area contributed by atoms with Gasteiger partial charge in [0.25, 0.3) is 0 Å². The molecule has 60 valence electrons. The molecular weight excluding hydrogens is 140 g/mol. The summed E-state index contributed by atoms with van der Waals surface area (Å²) in [6, 6.07) is 0. The summed E-state index contributed by atoms with van der Waals surface area (Å²) in [4.78, 5) is 11.0. The van der Waals surface area contributed by atoms with Crippen molar-refractivity contribution >= 4 is 0 Å². The fraction of sp³-hybridized carbons (Fsp3) is 0.444. The van der Waals surface area contributed by atoms with Crippen molar-refractivity contribution < 1.29 is 4.42 Å². The average molecular weight is 152 g/mol. The van der Waals surface area contributed by atoms with Crippen molar-refractivity contribution in [1.29, 1.82) is 0 Å². The van der Waals surface area contributed by atoms with E-state index in [9.17, 15) is 4.79 Å². The number of hydrogen-bond acceptors (Lipinski definition) is 2. The van der Waals surface area contributed by atoms with Gasteiger partial charge in [-0.2, -0.15) is 0 Å². The Kier molecular flexibility index (Phi) is 1.85. The van der Waals surface area contributed by atoms with Crippen LogP contribution in [0.5, 0.6) is 0 Å². The van der Waals surface area contributed by atoms with Crippen molar-refractivity contribution in [2.24, 2.45) is 0 Å². The monoisotopic (exact) mass is 152 g/mol. The lowest BCUT2D eigenvalue weighted by Crippen LogP contribution is -2.08. The predicted molar refractivity (Wildman–Crippen MR) is 43.9 cm³/mol. The number of hydrogen-bond donors (Lipinski definition) is 0. The van der Waals surface area contributed by atoms with Gasteiger partial charge in [-0.3, -0.25) is 0 Å². The van der Waals surface area contributed by atoms with Gasteiger partial charge in [-0.15, -0.1) is 0 Å². The first-order chi connectivity index (χ1) is 5.04. The Balaban J connectivity index is 3.59. The van der Waals surface area contributed by atoms with Crippen LogP contribution in [0.25, 0.3) is 0 Å². The van der Waals surface area contributed by atoms with Crippen LogP contribution in [0.2, 0.25) is 0 Å². The Morgan fingerprint density at radius 1 is 0.909 bits per heavy atom. The van der Waals surface area contributed by atoms with E-state index < -0.39 is 0 Å². The Labute approximate surface area is 65.9 Å². The van der Waals surface area contributed by atoms with Crippen LogP contribution < -0.4 is 5.63 Å². The fourth-order valence-electron chi connectivity index (χ4n) is 0.991. The highest BCUT2D eigenvalue weighted by atomic mass is 16.4. The zero-order valence-corrected chi connectivity index (χ0v) is 7.32. The standard InChI is InChI=1S/C9H12O2/c1-5-6(2)8(4)11-9(10)7(5)3/h1-4H3. The average Bonchev–Trinajstić information content (AvgIpc) is 1.97. The molecule has 0 spiro atoms. The Morgan fingerprint density at radius 2 is 1.45 bits per heavy atom. The van der Waals surface area contributed by atoms with Gasteiger partial charge < -0.3 is 4.42 Å². The van der Waals surface area contributed by atoms with Gasteiger partial charge in [0, 0.05) is 5.56 Å². The molecule has 0 bridgehead atoms. The molecule has 0 fully saturated rings. The highest BCUT2D eigenvalue weighted by Crippen LogP contribution is 2.11. The molecule has 1 aromatic rings. The number of rotatable bonds is 0. The lowest BCUT2D eigenvalue weighted by atomic mass is 10.1. The van der Waals surface area contributed by atoms with Gasteiger partial charge in [0.15, 0.2) is 0 Å². The molecule has 0 atom stereocenters. The molecule has 0 aliphatic carbocycles. The first kappa shape index (κ1) is 8.05. The van der Waals surface area contributed by atoms with Gasteiger partial charge in [0.2, 0.25) is 0 Å². The molecule has 1 rings (SSSR count). The molecule has 1 heterocycles. The van der Waals surface area contributed by atoms with E-state index >= 15 is 0 Å². The predicted octanol–water partition coefficient (Wildman–Crippen LogP) is 1.87. The minimum atomic E-state index is -0.217. The molecule has 0 aliphatic rings. The summed E-state index contributed by atoms with van der Waals surface area (Å²) in [6.07, 6.45) is 0. The van der Waals surface area contributed by atoms with Crippen LogP contribution in [-0.4, -0.2) is 0 Å². The first-order valence-electron chi connectivity index (χ1n) is 3.61. The summed E-state index contributed by atoms with van der Waals surface area (Å²) in [5.41, 5.74) is 2.61. The third kappa shape index (κ3) is 1.20. The molecular formula is C9H12O2. The summed E-state index contributed by atoms with van der Waals surface area (Å²) < 4.78 is 4.96. The van der Waals surface area contributed by atoms with Crippen molar-refractivity contribution in [3.8, 4) is 0 Å². The third-order valence-corrected chi connectivity index (χ3v) is 2.21. The highest BCUT2D eigenvalue weighted by Gasteiger charge is 2.05. The van der Waals surface area contributed by atoms with Crippen LogP contribution in [0.4, 0.5) is 0 Å². The summed E-state index contributed by atoms with van der Waals surface area (Å²) in [5, 5.41) is 0. The van der Waals surface area contributed by atoms with E-state index in [2.05, 4.69) is 0 Å². The Morgan fingerprint density at radius 3 is 2.00 bits per heavy atom. The SMILES string of the molecule is Cc1oc(=O)c(C)c(C)c1C. The second kappa shape index (κ2) is 2.53. The van der Waals surface area contributed by atoms with Gasteiger partial charge in [0.1, 0.15) is 5.76 Å². The van der Waals surface area contributed by atoms with Gasteiger partial charge in [-0.25, -0.2) is 4.79 Å². The molecule has 2 heteroatoms. The Hall–Kier alpha value is -1.05. The molecule has 0 unspecified atom stereocenters. The zero-order chi connectivity index (χ0) is 8.59. The molecule has 0 saturated heterocycles. The molecule has 0 amide bonds. The second-order valence-electron chi connectivity index (χ2n) is 2.82. The maximum Gasteiger partial charge on any atom is 0.339 e. The van der Waals surface area contributed by atoms with E-state index in [1.165, 1.54) is 0 Å². The van der Waals surface area contributed by atoms with E-state index in [1.807, 2.05) is 20.8 Å². The molecule has 0 aliphatic heterocycles. The third-order valence-electron chi connectivity index (χ3n) is 2.21. The minimum Gasteiger partial charge on any atom is -0.428 e. The summed E-state index contributed by atoms with van der Waals surface area (Å²) >= 11 is 0. The second-order valence-corrected chi connectivity index (χ2v) is 2.82. The van der Waals surface area contributed by atoms with E-state index in [-0.39, 0.29) is 5.63 Å². The lowest BCUT2D eigenvalue weighted by molar-refractivity contribution is 0.469. The smallest absolute Gasteiger partial charge is 0.339 e. The molecule has 0 saturated carbocycles.